The van der Waals surface area contributed by atoms with Gasteiger partial charge in [-0.05, 0) is 68.3 Å². The third-order valence-corrected chi connectivity index (χ3v) is 5.51. The van der Waals surface area contributed by atoms with Crippen LogP contribution in [-0.2, 0) is 22.6 Å². The Balaban J connectivity index is 2.31. The lowest BCUT2D eigenvalue weighted by Gasteiger charge is -2.23. The number of fused-ring (bicyclic) bond motifs is 1. The first kappa shape index (κ1) is 26.7. The number of carbonyl (C=O) groups is 2. The molecule has 7 heteroatoms. The summed E-state index contributed by atoms with van der Waals surface area (Å²) in [5.74, 6) is -0.868. The lowest BCUT2D eigenvalue weighted by atomic mass is 9.94. The first-order valence-electron chi connectivity index (χ1n) is 12.0. The molecule has 1 aromatic heterocycles. The molecule has 0 bridgehead atoms. The van der Waals surface area contributed by atoms with Crippen LogP contribution in [0, 0.1) is 12.8 Å². The Kier molecular flexibility index (Phi) is 8.03. The normalized spacial score (nSPS) is 11.9. The number of alkyl carbamates (subject to hydrolysis) is 1. The zero-order chi connectivity index (χ0) is 26.6. The summed E-state index contributed by atoms with van der Waals surface area (Å²) < 4.78 is 7.16. The minimum atomic E-state index is -1.05. The van der Waals surface area contributed by atoms with Crippen molar-refractivity contribution in [1.29, 1.82) is 0 Å². The van der Waals surface area contributed by atoms with Crippen LogP contribution >= 0.6 is 0 Å². The van der Waals surface area contributed by atoms with Crippen LogP contribution in [0.4, 0.5) is 4.79 Å². The lowest BCUT2D eigenvalue weighted by Crippen LogP contribution is -2.35. The van der Waals surface area contributed by atoms with Crippen molar-refractivity contribution >= 4 is 28.9 Å². The second-order valence-electron chi connectivity index (χ2n) is 10.3. The number of ether oxygens (including phenoxy) is 1. The predicted octanol–water partition coefficient (Wildman–Crippen LogP) is 5.76. The summed E-state index contributed by atoms with van der Waals surface area (Å²) >= 11 is 0. The van der Waals surface area contributed by atoms with Crippen LogP contribution in [0.25, 0.3) is 28.0 Å². The van der Waals surface area contributed by atoms with Gasteiger partial charge in [0.15, 0.2) is 0 Å². The van der Waals surface area contributed by atoms with Crippen molar-refractivity contribution in [3.63, 3.8) is 0 Å². The lowest BCUT2D eigenvalue weighted by molar-refractivity contribution is -0.131. The molecule has 7 nitrogen and oxygen atoms in total. The van der Waals surface area contributed by atoms with Gasteiger partial charge in [0, 0.05) is 29.3 Å². The number of aliphatic carboxylic acids is 1. The second kappa shape index (κ2) is 10.8. The first-order chi connectivity index (χ1) is 16.9. The van der Waals surface area contributed by atoms with E-state index in [4.69, 9.17) is 9.84 Å². The van der Waals surface area contributed by atoms with E-state index in [1.807, 2.05) is 51.1 Å². The average Bonchev–Trinajstić information content (AvgIpc) is 2.77. The molecular weight excluding hydrogens is 456 g/mol. The highest BCUT2D eigenvalue weighted by molar-refractivity contribution is 5.99. The van der Waals surface area contributed by atoms with Gasteiger partial charge >= 0.3 is 12.1 Å². The number of carboxylic acids is 1. The standard InChI is InChI=1S/C29H34N2O5/c1-18(2)17-31-24(16-30-28(35)36-29(4,5)6)26(21-11-7-19(3)8-12-21)23-15-20(10-14-25(32)33)9-13-22(23)27(31)34/h7-15,18H,16-17H2,1-6H3,(H,30,35)(H,32,33)/b14-10+. The van der Waals surface area contributed by atoms with Crippen LogP contribution in [0.5, 0.6) is 0 Å². The van der Waals surface area contributed by atoms with Gasteiger partial charge in [0.2, 0.25) is 0 Å². The summed E-state index contributed by atoms with van der Waals surface area (Å²) in [6.45, 7) is 12.0. The largest absolute Gasteiger partial charge is 0.478 e. The zero-order valence-corrected chi connectivity index (χ0v) is 21.7. The topological polar surface area (TPSA) is 97.6 Å². The monoisotopic (exact) mass is 490 g/mol. The van der Waals surface area contributed by atoms with Crippen molar-refractivity contribution < 1.29 is 19.4 Å². The van der Waals surface area contributed by atoms with Gasteiger partial charge in [-0.3, -0.25) is 4.79 Å². The summed E-state index contributed by atoms with van der Waals surface area (Å²) in [4.78, 5) is 37.3. The van der Waals surface area contributed by atoms with Gasteiger partial charge in [0.25, 0.3) is 5.56 Å². The molecule has 0 unspecified atom stereocenters. The van der Waals surface area contributed by atoms with E-state index in [2.05, 4.69) is 5.32 Å². The zero-order valence-electron chi connectivity index (χ0n) is 21.7. The molecule has 0 radical (unpaired) electrons. The maximum atomic E-state index is 13.7. The van der Waals surface area contributed by atoms with Crippen LogP contribution in [0.15, 0.2) is 53.3 Å². The molecule has 0 fully saturated rings. The SMILES string of the molecule is Cc1ccc(-c2c(CNC(=O)OC(C)(C)C)n(CC(C)C)c(=O)c3ccc(/C=C/C(=O)O)cc23)cc1. The number of carboxylic acid groups (broad SMARTS) is 1. The van der Waals surface area contributed by atoms with Gasteiger partial charge in [-0.25, -0.2) is 9.59 Å². The summed E-state index contributed by atoms with van der Waals surface area (Å²) in [5, 5.41) is 13.1. The Hall–Kier alpha value is -3.87. The highest BCUT2D eigenvalue weighted by Gasteiger charge is 2.21. The molecule has 0 aliphatic heterocycles. The molecule has 0 saturated carbocycles. The second-order valence-corrected chi connectivity index (χ2v) is 10.3. The highest BCUT2D eigenvalue weighted by Crippen LogP contribution is 2.32. The third kappa shape index (κ3) is 6.62. The number of nitrogens with zero attached hydrogens (tertiary/aromatic N) is 1. The number of amides is 1. The molecule has 0 aliphatic rings. The number of pyridine rings is 1. The third-order valence-electron chi connectivity index (χ3n) is 5.51. The quantitative estimate of drug-likeness (QED) is 0.411. The number of nitrogens with one attached hydrogen (secondary N) is 1. The average molecular weight is 491 g/mol. The number of aromatic nitrogens is 1. The van der Waals surface area contributed by atoms with Gasteiger partial charge < -0.3 is 19.7 Å². The summed E-state index contributed by atoms with van der Waals surface area (Å²) in [6.07, 6.45) is 2.00. The molecule has 0 aliphatic carbocycles. The fraction of sp³-hybridized carbons (Fsp3) is 0.345. The van der Waals surface area contributed by atoms with Gasteiger partial charge in [0.05, 0.1) is 6.54 Å². The Morgan fingerprint density at radius 3 is 2.33 bits per heavy atom. The van der Waals surface area contributed by atoms with Crippen LogP contribution in [0.3, 0.4) is 0 Å². The Morgan fingerprint density at radius 2 is 1.75 bits per heavy atom. The number of rotatable bonds is 7. The van der Waals surface area contributed by atoms with E-state index >= 15 is 0 Å². The summed E-state index contributed by atoms with van der Waals surface area (Å²) in [7, 11) is 0. The summed E-state index contributed by atoms with van der Waals surface area (Å²) in [6, 6.07) is 13.3. The van der Waals surface area contributed by atoms with Crippen molar-refractivity contribution in [2.75, 3.05) is 0 Å². The molecule has 190 valence electrons. The minimum Gasteiger partial charge on any atom is -0.478 e. The molecule has 0 saturated heterocycles. The van der Waals surface area contributed by atoms with Crippen LogP contribution in [0.2, 0.25) is 0 Å². The van der Waals surface area contributed by atoms with E-state index in [0.29, 0.717) is 28.6 Å². The van der Waals surface area contributed by atoms with E-state index in [1.54, 1.807) is 37.5 Å². The molecule has 36 heavy (non-hydrogen) atoms. The maximum absolute atomic E-state index is 13.7. The fourth-order valence-electron chi connectivity index (χ4n) is 4.04. The van der Waals surface area contributed by atoms with E-state index in [0.717, 1.165) is 22.8 Å². The maximum Gasteiger partial charge on any atom is 0.407 e. The Morgan fingerprint density at radius 1 is 1.08 bits per heavy atom. The molecule has 2 aromatic carbocycles. The van der Waals surface area contributed by atoms with Crippen molar-refractivity contribution in [3.05, 3.63) is 75.7 Å². The molecule has 2 N–H and O–H groups in total. The minimum absolute atomic E-state index is 0.0885. The van der Waals surface area contributed by atoms with Crippen molar-refractivity contribution in [3.8, 4) is 11.1 Å². The van der Waals surface area contributed by atoms with E-state index < -0.39 is 17.7 Å². The molecule has 1 heterocycles. The van der Waals surface area contributed by atoms with E-state index in [9.17, 15) is 14.4 Å². The van der Waals surface area contributed by atoms with Crippen LogP contribution < -0.4 is 10.9 Å². The van der Waals surface area contributed by atoms with Gasteiger partial charge in [-0.15, -0.1) is 0 Å². The highest BCUT2D eigenvalue weighted by atomic mass is 16.6. The number of hydrogen-bond acceptors (Lipinski definition) is 4. The van der Waals surface area contributed by atoms with Crippen LogP contribution in [-0.4, -0.2) is 27.3 Å². The molecule has 3 rings (SSSR count). The predicted molar refractivity (Wildman–Crippen MR) is 143 cm³/mol. The van der Waals surface area contributed by atoms with Gasteiger partial charge in [-0.2, -0.15) is 0 Å². The molecule has 0 spiro atoms. The van der Waals surface area contributed by atoms with Gasteiger partial charge in [0.1, 0.15) is 5.60 Å². The Bertz CT molecular complexity index is 1360. The van der Waals surface area contributed by atoms with E-state index in [1.165, 1.54) is 6.08 Å². The number of carbonyl (C=O) groups excluding carboxylic acids is 1. The molecule has 1 amide bonds. The molecule has 0 atom stereocenters. The van der Waals surface area contributed by atoms with Crippen molar-refractivity contribution in [2.45, 2.75) is 60.2 Å². The smallest absolute Gasteiger partial charge is 0.407 e. The fourth-order valence-corrected chi connectivity index (χ4v) is 4.04. The molecular formula is C29H34N2O5. The van der Waals surface area contributed by atoms with Crippen LogP contribution in [0.1, 0.15) is 51.4 Å². The number of hydrogen-bond donors (Lipinski definition) is 2. The number of benzene rings is 2. The Labute approximate surface area is 211 Å². The first-order valence-corrected chi connectivity index (χ1v) is 12.0. The van der Waals surface area contributed by atoms with E-state index in [-0.39, 0.29) is 18.0 Å². The van der Waals surface area contributed by atoms with Crippen molar-refractivity contribution in [1.82, 2.24) is 9.88 Å². The van der Waals surface area contributed by atoms with Gasteiger partial charge in [-0.1, -0.05) is 49.7 Å². The van der Waals surface area contributed by atoms with Crippen molar-refractivity contribution in [2.24, 2.45) is 5.92 Å². The summed E-state index contributed by atoms with van der Waals surface area (Å²) in [5.41, 5.74) is 3.30. The molecule has 3 aromatic rings. The number of aryl methyl sites for hydroxylation is 1.